The first-order valence-electron chi connectivity index (χ1n) is 6.09. The van der Waals surface area contributed by atoms with Crippen molar-refractivity contribution in [3.63, 3.8) is 0 Å². The molecule has 6 heteroatoms. The first-order chi connectivity index (χ1) is 9.17. The Bertz CT molecular complexity index is 555. The lowest BCUT2D eigenvalue weighted by atomic mass is 10.1. The Morgan fingerprint density at radius 2 is 2.32 bits per heavy atom. The number of nitrogens with zero attached hydrogens (tertiary/aromatic N) is 2. The molecule has 0 fully saturated rings. The topological polar surface area (TPSA) is 55.9 Å². The fourth-order valence-corrected chi connectivity index (χ4v) is 2.83. The summed E-state index contributed by atoms with van der Waals surface area (Å²) in [7, 11) is 0. The summed E-state index contributed by atoms with van der Waals surface area (Å²) in [5, 5.41) is 0.656. The van der Waals surface area contributed by atoms with Crippen molar-refractivity contribution in [1.29, 1.82) is 0 Å². The summed E-state index contributed by atoms with van der Waals surface area (Å²) in [6.07, 6.45) is 4.77. The first kappa shape index (κ1) is 14.5. The minimum Gasteiger partial charge on any atom is -0.333 e. The molecule has 0 aliphatic heterocycles. The molecule has 0 bridgehead atoms. The molecule has 102 valence electrons. The van der Waals surface area contributed by atoms with E-state index in [4.69, 9.17) is 17.4 Å². The largest absolute Gasteiger partial charge is 0.333 e. The molecule has 2 rings (SSSR count). The lowest BCUT2D eigenvalue weighted by Crippen LogP contribution is -2.31. The summed E-state index contributed by atoms with van der Waals surface area (Å²) in [6, 6.07) is 5.52. The number of hydrogen-bond donors (Lipinski definition) is 2. The lowest BCUT2D eigenvalue weighted by molar-refractivity contribution is 0.545. The molecule has 0 aliphatic carbocycles. The minimum absolute atomic E-state index is 0.220. The summed E-state index contributed by atoms with van der Waals surface area (Å²) in [6.45, 7) is 3.03. The highest BCUT2D eigenvalue weighted by Gasteiger charge is 2.20. The number of nitrogens with two attached hydrogens (primary N) is 1. The van der Waals surface area contributed by atoms with Crippen LogP contribution < -0.4 is 11.3 Å². The van der Waals surface area contributed by atoms with Crippen LogP contribution >= 0.6 is 27.5 Å². The van der Waals surface area contributed by atoms with E-state index >= 15 is 0 Å². The molecule has 4 nitrogen and oxygen atoms in total. The summed E-state index contributed by atoms with van der Waals surface area (Å²) in [5.41, 5.74) is 3.71. The third-order valence-electron chi connectivity index (χ3n) is 2.91. The number of nitrogens with one attached hydrogen (secondary N) is 1. The Morgan fingerprint density at radius 3 is 2.95 bits per heavy atom. The highest BCUT2D eigenvalue weighted by atomic mass is 79.9. The molecule has 3 N–H and O–H groups in total. The Morgan fingerprint density at radius 1 is 1.53 bits per heavy atom. The lowest BCUT2D eigenvalue weighted by Gasteiger charge is -2.19. The Hall–Kier alpha value is -0.880. The van der Waals surface area contributed by atoms with Gasteiger partial charge in [0.2, 0.25) is 0 Å². The van der Waals surface area contributed by atoms with Crippen LogP contribution in [0.25, 0.3) is 0 Å². The van der Waals surface area contributed by atoms with E-state index in [1.807, 2.05) is 24.4 Å². The quantitative estimate of drug-likeness (QED) is 0.647. The third kappa shape index (κ3) is 3.17. The zero-order chi connectivity index (χ0) is 13.8. The molecule has 0 aliphatic rings. The minimum atomic E-state index is -0.220. The third-order valence-corrected chi connectivity index (χ3v) is 3.73. The molecule has 19 heavy (non-hydrogen) atoms. The highest BCUT2D eigenvalue weighted by molar-refractivity contribution is 9.10. The average molecular weight is 344 g/mol. The number of aryl methyl sites for hydroxylation is 1. The Labute approximate surface area is 126 Å². The molecule has 0 radical (unpaired) electrons. The van der Waals surface area contributed by atoms with E-state index in [1.54, 1.807) is 6.20 Å². The van der Waals surface area contributed by atoms with Crippen LogP contribution in [-0.4, -0.2) is 9.55 Å². The van der Waals surface area contributed by atoms with Crippen LogP contribution in [0.15, 0.2) is 35.1 Å². The van der Waals surface area contributed by atoms with Gasteiger partial charge in [-0.3, -0.25) is 5.84 Å². The van der Waals surface area contributed by atoms with E-state index in [2.05, 4.69) is 37.8 Å². The van der Waals surface area contributed by atoms with Gasteiger partial charge in [0.1, 0.15) is 11.9 Å². The Kier molecular flexibility index (Phi) is 4.99. The van der Waals surface area contributed by atoms with Crippen LogP contribution in [0, 0.1) is 0 Å². The van der Waals surface area contributed by atoms with Crippen molar-refractivity contribution in [2.45, 2.75) is 25.9 Å². The van der Waals surface area contributed by atoms with Crippen molar-refractivity contribution in [2.24, 2.45) is 5.84 Å². The molecule has 2 aromatic rings. The molecular weight excluding hydrogens is 328 g/mol. The van der Waals surface area contributed by atoms with Gasteiger partial charge in [0.05, 0.1) is 0 Å². The maximum Gasteiger partial charge on any atom is 0.131 e. The number of imidazole rings is 1. The molecule has 1 atom stereocenters. The van der Waals surface area contributed by atoms with Crippen molar-refractivity contribution < 1.29 is 0 Å². The number of rotatable bonds is 5. The standard InChI is InChI=1S/C13H16BrClN4/c1-2-6-19-7-5-17-13(19)12(18-16)10-4-3-9(14)8-11(10)15/h3-5,7-8,12,18H,2,6,16H2,1H3. The Balaban J connectivity index is 2.41. The predicted molar refractivity (Wildman–Crippen MR) is 80.8 cm³/mol. The molecule has 0 spiro atoms. The van der Waals surface area contributed by atoms with Crippen LogP contribution in [-0.2, 0) is 6.54 Å². The van der Waals surface area contributed by atoms with Gasteiger partial charge in [-0.05, 0) is 24.1 Å². The van der Waals surface area contributed by atoms with Gasteiger partial charge in [-0.2, -0.15) is 0 Å². The van der Waals surface area contributed by atoms with E-state index in [-0.39, 0.29) is 6.04 Å². The molecule has 0 amide bonds. The molecule has 1 aromatic heterocycles. The van der Waals surface area contributed by atoms with E-state index in [0.29, 0.717) is 5.02 Å². The molecule has 0 saturated carbocycles. The number of halogens is 2. The summed E-state index contributed by atoms with van der Waals surface area (Å²) < 4.78 is 3.03. The predicted octanol–water partition coefficient (Wildman–Crippen LogP) is 3.26. The van der Waals surface area contributed by atoms with Gasteiger partial charge in [0, 0.05) is 28.4 Å². The zero-order valence-corrected chi connectivity index (χ0v) is 12.9. The van der Waals surface area contributed by atoms with Gasteiger partial charge in [-0.25, -0.2) is 10.4 Å². The monoisotopic (exact) mass is 342 g/mol. The second-order valence-corrected chi connectivity index (χ2v) is 5.57. The molecule has 1 unspecified atom stereocenters. The molecular formula is C13H16BrClN4. The first-order valence-corrected chi connectivity index (χ1v) is 7.26. The number of hydrazine groups is 1. The smallest absolute Gasteiger partial charge is 0.131 e. The molecule has 0 saturated heterocycles. The number of aromatic nitrogens is 2. The van der Waals surface area contributed by atoms with E-state index in [0.717, 1.165) is 28.8 Å². The van der Waals surface area contributed by atoms with E-state index < -0.39 is 0 Å². The van der Waals surface area contributed by atoms with Crippen LogP contribution in [0.1, 0.15) is 30.8 Å². The summed E-state index contributed by atoms with van der Waals surface area (Å²) in [4.78, 5) is 4.40. The van der Waals surface area contributed by atoms with Crippen LogP contribution in [0.2, 0.25) is 5.02 Å². The number of hydrogen-bond acceptors (Lipinski definition) is 3. The maximum absolute atomic E-state index is 6.29. The zero-order valence-electron chi connectivity index (χ0n) is 10.6. The summed E-state index contributed by atoms with van der Waals surface area (Å²) in [5.74, 6) is 6.56. The van der Waals surface area contributed by atoms with Crippen LogP contribution in [0.4, 0.5) is 0 Å². The van der Waals surface area contributed by atoms with Crippen molar-refractivity contribution in [1.82, 2.24) is 15.0 Å². The van der Waals surface area contributed by atoms with Crippen molar-refractivity contribution >= 4 is 27.5 Å². The normalized spacial score (nSPS) is 12.6. The average Bonchev–Trinajstić information content (AvgIpc) is 2.82. The van der Waals surface area contributed by atoms with E-state index in [1.165, 1.54) is 0 Å². The summed E-state index contributed by atoms with van der Waals surface area (Å²) >= 11 is 9.69. The second-order valence-electron chi connectivity index (χ2n) is 4.24. The number of benzene rings is 1. The van der Waals surface area contributed by atoms with Crippen LogP contribution in [0.5, 0.6) is 0 Å². The van der Waals surface area contributed by atoms with Gasteiger partial charge in [0.15, 0.2) is 0 Å². The second kappa shape index (κ2) is 6.52. The molecule has 1 heterocycles. The maximum atomic E-state index is 6.29. The van der Waals surface area contributed by atoms with Crippen LogP contribution in [0.3, 0.4) is 0 Å². The van der Waals surface area contributed by atoms with Gasteiger partial charge >= 0.3 is 0 Å². The van der Waals surface area contributed by atoms with E-state index in [9.17, 15) is 0 Å². The fourth-order valence-electron chi connectivity index (χ4n) is 2.05. The fraction of sp³-hybridized carbons (Fsp3) is 0.308. The highest BCUT2D eigenvalue weighted by Crippen LogP contribution is 2.29. The van der Waals surface area contributed by atoms with Gasteiger partial charge in [0.25, 0.3) is 0 Å². The van der Waals surface area contributed by atoms with Crippen molar-refractivity contribution in [3.8, 4) is 0 Å². The van der Waals surface area contributed by atoms with Gasteiger partial charge in [-0.15, -0.1) is 0 Å². The SMILES string of the molecule is CCCn1ccnc1C(NN)c1ccc(Br)cc1Cl. The van der Waals surface area contributed by atoms with Crippen molar-refractivity contribution in [3.05, 3.63) is 51.5 Å². The van der Waals surface area contributed by atoms with Crippen molar-refractivity contribution in [2.75, 3.05) is 0 Å². The van der Waals surface area contributed by atoms with Gasteiger partial charge < -0.3 is 4.57 Å². The molecule has 1 aromatic carbocycles. The van der Waals surface area contributed by atoms with Gasteiger partial charge in [-0.1, -0.05) is 40.5 Å².